The number of phenols is 1. The topological polar surface area (TPSA) is 35.9 Å². The average Bonchev–Trinajstić information content (AvgIpc) is 2.58. The van der Waals surface area contributed by atoms with Gasteiger partial charge in [0, 0.05) is 38.4 Å². The molecule has 0 atom stereocenters. The maximum Gasteiger partial charge on any atom is 0.119 e. The fraction of sp³-hybridized carbons (Fsp3) is 0.333. The van der Waals surface area contributed by atoms with Crippen LogP contribution in [0.3, 0.4) is 0 Å². The summed E-state index contributed by atoms with van der Waals surface area (Å²) in [6.07, 6.45) is 0. The third-order valence-electron chi connectivity index (χ3n) is 4.15. The van der Waals surface area contributed by atoms with E-state index in [1.165, 1.54) is 11.3 Å². The van der Waals surface area contributed by atoms with Gasteiger partial charge in [-0.25, -0.2) is 0 Å². The van der Waals surface area contributed by atoms with Gasteiger partial charge < -0.3 is 14.7 Å². The lowest BCUT2D eigenvalue weighted by atomic mass is 10.2. The Morgan fingerprint density at radius 1 is 0.909 bits per heavy atom. The summed E-state index contributed by atoms with van der Waals surface area (Å²) >= 11 is 0. The van der Waals surface area contributed by atoms with Crippen molar-refractivity contribution in [3.63, 3.8) is 0 Å². The minimum absolute atomic E-state index is 0.327. The lowest BCUT2D eigenvalue weighted by molar-refractivity contribution is 0.250. The van der Waals surface area contributed by atoms with Crippen LogP contribution in [-0.2, 0) is 6.54 Å². The minimum atomic E-state index is 0.327. The first-order valence-corrected chi connectivity index (χ1v) is 7.64. The molecular weight excluding hydrogens is 276 g/mol. The summed E-state index contributed by atoms with van der Waals surface area (Å²) in [5, 5.41) is 9.33. The second-order valence-electron chi connectivity index (χ2n) is 5.63. The summed E-state index contributed by atoms with van der Waals surface area (Å²) in [5.74, 6) is 1.22. The fourth-order valence-electron chi connectivity index (χ4n) is 2.82. The number of rotatable bonds is 4. The molecule has 0 unspecified atom stereocenters. The Morgan fingerprint density at radius 2 is 1.55 bits per heavy atom. The van der Waals surface area contributed by atoms with Crippen molar-refractivity contribution in [2.45, 2.75) is 6.54 Å². The smallest absolute Gasteiger partial charge is 0.119 e. The standard InChI is InChI=1S/C18H22N2O2/c1-22-18-8-4-16(5-9-18)20-12-10-19(11-13-20)14-15-2-6-17(21)7-3-15/h2-9,21H,10-14H2,1H3. The van der Waals surface area contributed by atoms with Crippen LogP contribution in [-0.4, -0.2) is 43.3 Å². The van der Waals surface area contributed by atoms with Crippen molar-refractivity contribution in [1.29, 1.82) is 0 Å². The van der Waals surface area contributed by atoms with Crippen molar-refractivity contribution < 1.29 is 9.84 Å². The molecule has 0 aromatic heterocycles. The maximum absolute atomic E-state index is 9.33. The SMILES string of the molecule is COc1ccc(N2CCN(Cc3ccc(O)cc3)CC2)cc1. The number of methoxy groups -OCH3 is 1. The molecule has 0 aliphatic carbocycles. The van der Waals surface area contributed by atoms with Gasteiger partial charge in [-0.3, -0.25) is 4.90 Å². The van der Waals surface area contributed by atoms with E-state index in [1.54, 1.807) is 19.2 Å². The predicted octanol–water partition coefficient (Wildman–Crippen LogP) is 2.72. The summed E-state index contributed by atoms with van der Waals surface area (Å²) in [4.78, 5) is 4.86. The van der Waals surface area contributed by atoms with Crippen molar-refractivity contribution in [2.24, 2.45) is 0 Å². The number of aromatic hydroxyl groups is 1. The number of ether oxygens (including phenoxy) is 1. The lowest BCUT2D eigenvalue weighted by Crippen LogP contribution is -2.45. The Labute approximate surface area is 131 Å². The number of nitrogens with zero attached hydrogens (tertiary/aromatic N) is 2. The van der Waals surface area contributed by atoms with Gasteiger partial charge in [0.05, 0.1) is 7.11 Å². The molecule has 1 saturated heterocycles. The highest BCUT2D eigenvalue weighted by Crippen LogP contribution is 2.21. The van der Waals surface area contributed by atoms with E-state index in [4.69, 9.17) is 4.74 Å². The van der Waals surface area contributed by atoms with Crippen LogP contribution in [0.25, 0.3) is 0 Å². The Morgan fingerprint density at radius 3 is 2.14 bits per heavy atom. The van der Waals surface area contributed by atoms with Crippen molar-refractivity contribution >= 4 is 5.69 Å². The van der Waals surface area contributed by atoms with E-state index in [2.05, 4.69) is 21.9 Å². The van der Waals surface area contributed by atoms with Crippen molar-refractivity contribution in [3.05, 3.63) is 54.1 Å². The second-order valence-corrected chi connectivity index (χ2v) is 5.63. The summed E-state index contributed by atoms with van der Waals surface area (Å²) < 4.78 is 5.20. The number of piperazine rings is 1. The van der Waals surface area contributed by atoms with Crippen LogP contribution < -0.4 is 9.64 Å². The molecule has 4 heteroatoms. The zero-order chi connectivity index (χ0) is 15.4. The molecule has 2 aromatic carbocycles. The largest absolute Gasteiger partial charge is 0.508 e. The maximum atomic E-state index is 9.33. The van der Waals surface area contributed by atoms with Gasteiger partial charge >= 0.3 is 0 Å². The van der Waals surface area contributed by atoms with E-state index in [-0.39, 0.29) is 0 Å². The van der Waals surface area contributed by atoms with Gasteiger partial charge in [0.15, 0.2) is 0 Å². The van der Waals surface area contributed by atoms with Crippen molar-refractivity contribution in [3.8, 4) is 11.5 Å². The number of hydrogen-bond donors (Lipinski definition) is 1. The number of phenolic OH excluding ortho intramolecular Hbond substituents is 1. The zero-order valence-corrected chi connectivity index (χ0v) is 12.9. The highest BCUT2D eigenvalue weighted by molar-refractivity contribution is 5.49. The second kappa shape index (κ2) is 6.71. The highest BCUT2D eigenvalue weighted by atomic mass is 16.5. The summed E-state index contributed by atoms with van der Waals surface area (Å²) in [6.45, 7) is 5.10. The van der Waals surface area contributed by atoms with E-state index in [0.717, 1.165) is 38.5 Å². The molecule has 0 saturated carbocycles. The van der Waals surface area contributed by atoms with E-state index in [9.17, 15) is 5.11 Å². The van der Waals surface area contributed by atoms with Crippen molar-refractivity contribution in [1.82, 2.24) is 4.90 Å². The summed E-state index contributed by atoms with van der Waals surface area (Å²) in [5.41, 5.74) is 2.50. The van der Waals surface area contributed by atoms with Crippen LogP contribution in [0.1, 0.15) is 5.56 Å². The number of benzene rings is 2. The quantitative estimate of drug-likeness (QED) is 0.941. The Kier molecular flexibility index (Phi) is 4.49. The Hall–Kier alpha value is -2.20. The number of anilines is 1. The molecule has 2 aromatic rings. The Balaban J connectivity index is 1.54. The normalized spacial score (nSPS) is 15.8. The monoisotopic (exact) mass is 298 g/mol. The van der Waals surface area contributed by atoms with Crippen LogP contribution in [0.15, 0.2) is 48.5 Å². The average molecular weight is 298 g/mol. The van der Waals surface area contributed by atoms with E-state index < -0.39 is 0 Å². The Bertz CT molecular complexity index is 587. The van der Waals surface area contributed by atoms with Crippen LogP contribution >= 0.6 is 0 Å². The first kappa shape index (κ1) is 14.7. The minimum Gasteiger partial charge on any atom is -0.508 e. The van der Waals surface area contributed by atoms with E-state index in [0.29, 0.717) is 5.75 Å². The third kappa shape index (κ3) is 3.52. The van der Waals surface area contributed by atoms with Crippen LogP contribution in [0, 0.1) is 0 Å². The van der Waals surface area contributed by atoms with E-state index >= 15 is 0 Å². The fourth-order valence-corrected chi connectivity index (χ4v) is 2.82. The molecule has 0 radical (unpaired) electrons. The summed E-state index contributed by atoms with van der Waals surface area (Å²) in [7, 11) is 1.69. The molecule has 1 fully saturated rings. The molecule has 0 amide bonds. The van der Waals surface area contributed by atoms with Crippen LogP contribution in [0.2, 0.25) is 0 Å². The molecule has 116 valence electrons. The van der Waals surface area contributed by atoms with Gasteiger partial charge in [-0.1, -0.05) is 12.1 Å². The summed E-state index contributed by atoms with van der Waals surface area (Å²) in [6, 6.07) is 15.8. The van der Waals surface area contributed by atoms with Gasteiger partial charge in [0.25, 0.3) is 0 Å². The first-order valence-electron chi connectivity index (χ1n) is 7.64. The number of hydrogen-bond acceptors (Lipinski definition) is 4. The van der Waals surface area contributed by atoms with Crippen LogP contribution in [0.5, 0.6) is 11.5 Å². The molecule has 1 N–H and O–H groups in total. The van der Waals surface area contributed by atoms with Crippen LogP contribution in [0.4, 0.5) is 5.69 Å². The predicted molar refractivity (Wildman–Crippen MR) is 88.6 cm³/mol. The van der Waals surface area contributed by atoms with Gasteiger partial charge in [-0.15, -0.1) is 0 Å². The first-order chi connectivity index (χ1) is 10.7. The molecular formula is C18H22N2O2. The van der Waals surface area contributed by atoms with E-state index in [1.807, 2.05) is 24.3 Å². The zero-order valence-electron chi connectivity index (χ0n) is 12.9. The van der Waals surface area contributed by atoms with Gasteiger partial charge in [-0.05, 0) is 42.0 Å². The molecule has 22 heavy (non-hydrogen) atoms. The van der Waals surface area contributed by atoms with Crippen molar-refractivity contribution in [2.75, 3.05) is 38.2 Å². The third-order valence-corrected chi connectivity index (χ3v) is 4.15. The molecule has 0 bridgehead atoms. The van der Waals surface area contributed by atoms with Gasteiger partial charge in [0.2, 0.25) is 0 Å². The van der Waals surface area contributed by atoms with Gasteiger partial charge in [0.1, 0.15) is 11.5 Å². The van der Waals surface area contributed by atoms with Gasteiger partial charge in [-0.2, -0.15) is 0 Å². The molecule has 1 heterocycles. The highest BCUT2D eigenvalue weighted by Gasteiger charge is 2.17. The molecule has 0 spiro atoms. The molecule has 3 rings (SSSR count). The molecule has 4 nitrogen and oxygen atoms in total. The lowest BCUT2D eigenvalue weighted by Gasteiger charge is -2.36. The molecule has 1 aliphatic heterocycles. The molecule has 1 aliphatic rings.